The van der Waals surface area contributed by atoms with Crippen molar-refractivity contribution in [3.05, 3.63) is 40.9 Å². The molecule has 2 saturated heterocycles. The van der Waals surface area contributed by atoms with Gasteiger partial charge >= 0.3 is 28.5 Å². The Kier molecular flexibility index (Phi) is 10.6. The van der Waals surface area contributed by atoms with E-state index in [1.54, 1.807) is 0 Å². The van der Waals surface area contributed by atoms with Crippen molar-refractivity contribution in [3.8, 4) is 5.75 Å². The summed E-state index contributed by atoms with van der Waals surface area (Å²) < 4.78 is 85.3. The van der Waals surface area contributed by atoms with E-state index in [0.717, 1.165) is 11.3 Å². The highest BCUT2D eigenvalue weighted by Crippen LogP contribution is 2.38. The van der Waals surface area contributed by atoms with Gasteiger partial charge in [-0.3, -0.25) is 19.2 Å². The highest BCUT2D eigenvalue weighted by atomic mass is 32.3. The number of fused-ring (bicyclic) bond motifs is 1. The number of halogens is 3. The van der Waals surface area contributed by atoms with Crippen LogP contribution in [-0.4, -0.2) is 113 Å². The number of β-lactam (4-membered cyclic amide) rings is 1. The van der Waals surface area contributed by atoms with Crippen molar-refractivity contribution in [1.29, 1.82) is 0 Å². The molecule has 0 spiro atoms. The van der Waals surface area contributed by atoms with Crippen LogP contribution in [0.5, 0.6) is 5.75 Å². The van der Waals surface area contributed by atoms with Crippen LogP contribution >= 0.6 is 11.3 Å². The highest BCUT2D eigenvalue weighted by Gasteiger charge is 2.58. The minimum Gasteiger partial charge on any atom is -0.489 e. The fourth-order valence-electron chi connectivity index (χ4n) is 5.06. The number of carbonyl (C=O) groups excluding carboxylic acids is 3. The summed E-state index contributed by atoms with van der Waals surface area (Å²) in [5.74, 6) is -6.06. The molecule has 288 valence electrons. The Morgan fingerprint density at radius 3 is 2.49 bits per heavy atom. The molecule has 1 unspecified atom stereocenters. The fourth-order valence-corrected chi connectivity index (χ4v) is 6.06. The number of nitrogens with zero attached hydrogens (tertiary/aromatic N) is 4. The normalized spacial score (nSPS) is 21.9. The van der Waals surface area contributed by atoms with Gasteiger partial charge in [0.05, 0.1) is 17.3 Å². The van der Waals surface area contributed by atoms with Crippen LogP contribution in [-0.2, 0) is 43.4 Å². The summed E-state index contributed by atoms with van der Waals surface area (Å²) in [6.07, 6.45) is -4.48. The molecule has 0 radical (unpaired) electrons. The van der Waals surface area contributed by atoms with Crippen molar-refractivity contribution < 1.29 is 69.0 Å². The molecule has 2 fully saturated rings. The molecule has 3 aliphatic heterocycles. The molecule has 3 aliphatic rings. The molecule has 1 aromatic carbocycles. The van der Waals surface area contributed by atoms with E-state index in [-0.39, 0.29) is 22.6 Å². The number of thiazole rings is 1. The van der Waals surface area contributed by atoms with E-state index in [0.29, 0.717) is 29.4 Å². The van der Waals surface area contributed by atoms with E-state index in [9.17, 15) is 45.9 Å². The first-order chi connectivity index (χ1) is 24.6. The van der Waals surface area contributed by atoms with Crippen molar-refractivity contribution in [2.45, 2.75) is 56.4 Å². The van der Waals surface area contributed by atoms with Gasteiger partial charge in [-0.05, 0) is 38.1 Å². The molecular formula is C28H31F3N8O12S2. The maximum atomic E-state index is 13.3. The summed E-state index contributed by atoms with van der Waals surface area (Å²) in [7, 11) is -5.07. The third kappa shape index (κ3) is 8.60. The molecule has 0 saturated carbocycles. The largest absolute Gasteiger partial charge is 0.491 e. The summed E-state index contributed by atoms with van der Waals surface area (Å²) >= 11 is 0.895. The van der Waals surface area contributed by atoms with Crippen molar-refractivity contribution in [2.75, 3.05) is 30.4 Å². The van der Waals surface area contributed by atoms with Crippen LogP contribution in [0.4, 0.5) is 24.0 Å². The minimum absolute atomic E-state index is 0.00944. The SMILES string of the molecule is CC1(OC(=O)C(F)(F)F)C=Cc2cc(OC[C@H](O/N=C(\C(=O)N[C@@H]3C(=O)N(OS(=O)(=O)O)C3(C)C)c3csc(N)n3)C(=O)O)ccc2N1NC1CNC1. The first-order valence-corrected chi connectivity index (χ1v) is 17.4. The minimum atomic E-state index is -5.25. The predicted molar refractivity (Wildman–Crippen MR) is 175 cm³/mol. The van der Waals surface area contributed by atoms with Gasteiger partial charge < -0.3 is 35.8 Å². The number of carboxylic acids is 1. The lowest BCUT2D eigenvalue weighted by Gasteiger charge is -2.50. The fraction of sp³-hybridized carbons (Fsp3) is 0.429. The zero-order chi connectivity index (χ0) is 39.1. The lowest BCUT2D eigenvalue weighted by atomic mass is 9.84. The topological polar surface area (TPSA) is 274 Å². The lowest BCUT2D eigenvalue weighted by molar-refractivity contribution is -0.218. The number of ether oxygens (including phenoxy) is 2. The van der Waals surface area contributed by atoms with Crippen LogP contribution in [0.25, 0.3) is 6.08 Å². The standard InChI is InChI=1S/C28H31F3N8O12S2/c1-26(2)20(22(41)39(26)51-53(45,46)47)35-21(40)19(16-12-52-25(32)34-16)37-50-18(23(42)43)11-48-15-4-5-17-13(8-15)6-7-27(3,49-24(44)28(29,30)31)38(17)36-14-9-33-10-14/h4-8,12,14,18,20,33,36H,9-11H2,1-3H3,(H2,32,34)(H,35,40)(H,42,43)(H,45,46,47)/b37-19-/t18-,20+,27?/m0/s1. The van der Waals surface area contributed by atoms with E-state index in [4.69, 9.17) is 24.6 Å². The van der Waals surface area contributed by atoms with Gasteiger partial charge in [-0.25, -0.2) is 20.0 Å². The van der Waals surface area contributed by atoms with E-state index in [1.165, 1.54) is 61.5 Å². The number of oxime groups is 1. The Labute approximate surface area is 301 Å². The molecule has 25 heteroatoms. The van der Waals surface area contributed by atoms with Crippen LogP contribution in [0.3, 0.4) is 0 Å². The number of aromatic nitrogens is 1. The molecule has 4 heterocycles. The number of nitrogens with two attached hydrogens (primary N) is 1. The number of rotatable bonds is 14. The highest BCUT2D eigenvalue weighted by molar-refractivity contribution is 7.80. The number of nitrogens with one attached hydrogen (secondary N) is 3. The number of carboxylic acid groups (broad SMARTS) is 1. The van der Waals surface area contributed by atoms with E-state index >= 15 is 0 Å². The molecule has 2 amide bonds. The summed E-state index contributed by atoms with van der Waals surface area (Å²) in [4.78, 5) is 58.8. The first-order valence-electron chi connectivity index (χ1n) is 15.1. The van der Waals surface area contributed by atoms with E-state index < -0.39 is 76.1 Å². The van der Waals surface area contributed by atoms with Crippen LogP contribution in [0, 0.1) is 0 Å². The van der Waals surface area contributed by atoms with Gasteiger partial charge in [-0.1, -0.05) is 11.2 Å². The monoisotopic (exact) mass is 792 g/mol. The number of carbonyl (C=O) groups is 4. The number of hydrogen-bond acceptors (Lipinski definition) is 17. The lowest BCUT2D eigenvalue weighted by Crippen LogP contribution is -2.76. The molecule has 0 aliphatic carbocycles. The summed E-state index contributed by atoms with van der Waals surface area (Å²) in [5, 5.41) is 21.7. The van der Waals surface area contributed by atoms with Crippen LogP contribution in [0.2, 0.25) is 0 Å². The molecule has 7 N–H and O–H groups in total. The molecule has 20 nitrogen and oxygen atoms in total. The van der Waals surface area contributed by atoms with Crippen molar-refractivity contribution in [3.63, 3.8) is 0 Å². The number of amides is 2. The van der Waals surface area contributed by atoms with Gasteiger partial charge in [-0.15, -0.1) is 15.6 Å². The number of hydrazine groups is 1. The van der Waals surface area contributed by atoms with Crippen molar-refractivity contribution in [2.24, 2.45) is 5.16 Å². The van der Waals surface area contributed by atoms with Gasteiger partial charge in [0.15, 0.2) is 10.8 Å². The molecule has 0 bridgehead atoms. The van der Waals surface area contributed by atoms with Gasteiger partial charge in [0, 0.05) is 31.0 Å². The van der Waals surface area contributed by atoms with E-state index in [2.05, 4.69) is 30.5 Å². The number of hydroxylamine groups is 2. The third-order valence-corrected chi connectivity index (χ3v) is 8.94. The molecule has 5 rings (SSSR count). The summed E-state index contributed by atoms with van der Waals surface area (Å²) in [6.45, 7) is 4.17. The number of alkyl halides is 3. The van der Waals surface area contributed by atoms with Crippen molar-refractivity contribution in [1.82, 2.24) is 26.1 Å². The van der Waals surface area contributed by atoms with Gasteiger partial charge in [0.25, 0.3) is 17.9 Å². The molecule has 2 aromatic rings. The maximum Gasteiger partial charge on any atom is 0.491 e. The number of benzene rings is 1. The maximum absolute atomic E-state index is 13.3. The summed E-state index contributed by atoms with van der Waals surface area (Å²) in [5.41, 5.74) is 5.25. The molecule has 1 aromatic heterocycles. The average molecular weight is 793 g/mol. The second-order valence-corrected chi connectivity index (χ2v) is 14.2. The van der Waals surface area contributed by atoms with Gasteiger partial charge in [-0.2, -0.15) is 26.7 Å². The van der Waals surface area contributed by atoms with Gasteiger partial charge in [0.1, 0.15) is 24.1 Å². The Morgan fingerprint density at radius 1 is 1.25 bits per heavy atom. The number of hydrogen-bond donors (Lipinski definition) is 6. The Balaban J connectivity index is 1.31. The Hall–Kier alpha value is -5.08. The average Bonchev–Trinajstić information content (AvgIpc) is 3.46. The smallest absolute Gasteiger partial charge is 0.489 e. The predicted octanol–water partition coefficient (Wildman–Crippen LogP) is -0.0505. The van der Waals surface area contributed by atoms with Crippen molar-refractivity contribution >= 4 is 68.1 Å². The molecular weight excluding hydrogens is 761 g/mol. The Morgan fingerprint density at radius 2 is 1.94 bits per heavy atom. The first kappa shape index (κ1) is 39.1. The Bertz CT molecular complexity index is 1970. The third-order valence-electron chi connectivity index (χ3n) is 7.93. The van der Waals surface area contributed by atoms with E-state index in [1.807, 2.05) is 0 Å². The number of esters is 1. The van der Waals surface area contributed by atoms with Gasteiger partial charge in [0.2, 0.25) is 5.72 Å². The second-order valence-electron chi connectivity index (χ2n) is 12.3. The number of nitrogen functional groups attached to an aromatic ring is 1. The number of aliphatic carboxylic acids is 1. The van der Waals surface area contributed by atoms with Crippen LogP contribution in [0.15, 0.2) is 34.8 Å². The molecule has 3 atom stereocenters. The van der Waals surface area contributed by atoms with Crippen LogP contribution < -0.4 is 31.5 Å². The zero-order valence-corrected chi connectivity index (χ0v) is 29.2. The van der Waals surface area contributed by atoms with Crippen LogP contribution in [0.1, 0.15) is 32.0 Å². The number of anilines is 2. The summed E-state index contributed by atoms with van der Waals surface area (Å²) in [6, 6.07) is 2.66. The quantitative estimate of drug-likeness (QED) is 0.0481. The molecule has 53 heavy (non-hydrogen) atoms. The second kappa shape index (κ2) is 14.4. The zero-order valence-electron chi connectivity index (χ0n) is 27.6.